The van der Waals surface area contributed by atoms with E-state index in [0.29, 0.717) is 28.3 Å². The van der Waals surface area contributed by atoms with Crippen LogP contribution in [0.25, 0.3) is 6.08 Å². The van der Waals surface area contributed by atoms with Gasteiger partial charge in [-0.2, -0.15) is 5.26 Å². The zero-order valence-corrected chi connectivity index (χ0v) is 11.6. The number of nitrogens with zero attached hydrogens (tertiary/aromatic N) is 2. The SMILES string of the molecule is COc1c(C#N)ccc(N)c1C(=[NH2+])/C=C/c1ccccn1. The molecule has 2 aromatic rings. The van der Waals surface area contributed by atoms with Gasteiger partial charge in [-0.25, -0.2) is 0 Å². The number of rotatable bonds is 4. The molecule has 0 saturated heterocycles. The van der Waals surface area contributed by atoms with Crippen LogP contribution >= 0.6 is 0 Å². The first kappa shape index (κ1) is 14.3. The molecule has 0 amide bonds. The Morgan fingerprint density at radius 2 is 2.19 bits per heavy atom. The predicted octanol–water partition coefficient (Wildman–Crippen LogP) is 0.806. The summed E-state index contributed by atoms with van der Waals surface area (Å²) in [6.45, 7) is 0. The van der Waals surface area contributed by atoms with Gasteiger partial charge in [0.2, 0.25) is 5.71 Å². The molecule has 1 aromatic heterocycles. The number of ether oxygens (including phenoxy) is 1. The second-order valence-electron chi connectivity index (χ2n) is 4.27. The molecule has 2 rings (SSSR count). The third kappa shape index (κ3) is 3.07. The first-order chi connectivity index (χ1) is 10.2. The summed E-state index contributed by atoms with van der Waals surface area (Å²) < 4.78 is 5.27. The summed E-state index contributed by atoms with van der Waals surface area (Å²) in [4.78, 5) is 4.17. The van der Waals surface area contributed by atoms with E-state index in [-0.39, 0.29) is 0 Å². The normalized spacial score (nSPS) is 10.3. The highest BCUT2D eigenvalue weighted by Gasteiger charge is 2.18. The molecule has 5 heteroatoms. The van der Waals surface area contributed by atoms with Gasteiger partial charge in [-0.05, 0) is 30.3 Å². The van der Waals surface area contributed by atoms with Gasteiger partial charge >= 0.3 is 0 Å². The lowest BCUT2D eigenvalue weighted by Crippen LogP contribution is -2.39. The Hall–Kier alpha value is -3.13. The van der Waals surface area contributed by atoms with E-state index in [9.17, 15) is 0 Å². The van der Waals surface area contributed by atoms with Gasteiger partial charge in [0.05, 0.1) is 18.4 Å². The van der Waals surface area contributed by atoms with E-state index >= 15 is 0 Å². The fourth-order valence-electron chi connectivity index (χ4n) is 1.93. The van der Waals surface area contributed by atoms with E-state index in [4.69, 9.17) is 21.1 Å². The molecule has 1 heterocycles. The molecule has 0 radical (unpaired) electrons. The summed E-state index contributed by atoms with van der Waals surface area (Å²) in [6.07, 6.45) is 5.16. The Kier molecular flexibility index (Phi) is 4.32. The number of nitrogen functional groups attached to an aromatic ring is 1. The average Bonchev–Trinajstić information content (AvgIpc) is 2.53. The monoisotopic (exact) mass is 279 g/mol. The molecule has 104 valence electrons. The molecule has 4 N–H and O–H groups in total. The maximum atomic E-state index is 9.11. The van der Waals surface area contributed by atoms with Crippen molar-refractivity contribution in [3.8, 4) is 11.8 Å². The lowest BCUT2D eigenvalue weighted by atomic mass is 10.0. The molecule has 5 nitrogen and oxygen atoms in total. The minimum absolute atomic E-state index is 0.376. The van der Waals surface area contributed by atoms with Crippen LogP contribution in [0.2, 0.25) is 0 Å². The number of nitrogens with two attached hydrogens (primary N) is 2. The maximum Gasteiger partial charge on any atom is 0.209 e. The minimum atomic E-state index is 0.376. The molecule has 0 aliphatic rings. The third-order valence-corrected chi connectivity index (χ3v) is 2.92. The van der Waals surface area contributed by atoms with Gasteiger partial charge in [0.1, 0.15) is 11.6 Å². The van der Waals surface area contributed by atoms with Crippen molar-refractivity contribution in [1.29, 1.82) is 5.26 Å². The first-order valence-electron chi connectivity index (χ1n) is 6.26. The van der Waals surface area contributed by atoms with Gasteiger partial charge in [0.25, 0.3) is 0 Å². The van der Waals surface area contributed by atoms with Crippen LogP contribution in [0.15, 0.2) is 42.6 Å². The number of hydrogen-bond donors (Lipinski definition) is 2. The maximum absolute atomic E-state index is 9.11. The van der Waals surface area contributed by atoms with Crippen molar-refractivity contribution in [3.05, 3.63) is 59.4 Å². The van der Waals surface area contributed by atoms with Crippen LogP contribution in [0.1, 0.15) is 16.8 Å². The largest absolute Gasteiger partial charge is 0.494 e. The molecule has 0 unspecified atom stereocenters. The molecule has 0 fully saturated rings. The van der Waals surface area contributed by atoms with E-state index in [1.54, 1.807) is 30.5 Å². The van der Waals surface area contributed by atoms with E-state index in [1.807, 2.05) is 18.2 Å². The number of aromatic nitrogens is 1. The van der Waals surface area contributed by atoms with Crippen molar-refractivity contribution in [1.82, 2.24) is 4.98 Å². The van der Waals surface area contributed by atoms with E-state index in [0.717, 1.165) is 5.69 Å². The van der Waals surface area contributed by atoms with Crippen LogP contribution < -0.4 is 15.9 Å². The summed E-state index contributed by atoms with van der Waals surface area (Å²) in [6, 6.07) is 10.9. The van der Waals surface area contributed by atoms with Crippen LogP contribution in [0.3, 0.4) is 0 Å². The standard InChI is InChI=1S/C16H14N4O/c1-21-16-11(10-17)5-7-13(18)15(16)14(19)8-6-12-4-2-3-9-20-12/h2-9,19H,18H2,1H3/p+1/b8-6+,19-14?. The average molecular weight is 279 g/mol. The third-order valence-electron chi connectivity index (χ3n) is 2.92. The highest BCUT2D eigenvalue weighted by atomic mass is 16.5. The summed E-state index contributed by atoms with van der Waals surface area (Å²) in [5, 5.41) is 15.2. The quantitative estimate of drug-likeness (QED) is 0.639. The Bertz CT molecular complexity index is 730. The molecular weight excluding hydrogens is 264 g/mol. The van der Waals surface area contributed by atoms with Gasteiger partial charge in [0, 0.05) is 18.0 Å². The smallest absolute Gasteiger partial charge is 0.209 e. The highest BCUT2D eigenvalue weighted by Crippen LogP contribution is 2.28. The van der Waals surface area contributed by atoms with Gasteiger partial charge in [0.15, 0.2) is 5.75 Å². The molecule has 0 bridgehead atoms. The number of pyridine rings is 1. The van der Waals surface area contributed by atoms with Crippen molar-refractivity contribution in [2.24, 2.45) is 0 Å². The number of benzene rings is 1. The lowest BCUT2D eigenvalue weighted by molar-refractivity contribution is -0.111. The second kappa shape index (κ2) is 6.35. The van der Waals surface area contributed by atoms with Crippen LogP contribution in [-0.4, -0.2) is 17.8 Å². The Morgan fingerprint density at radius 3 is 2.81 bits per heavy atom. The topological polar surface area (TPSA) is 97.5 Å². The van der Waals surface area contributed by atoms with E-state index in [2.05, 4.69) is 11.1 Å². The summed E-state index contributed by atoms with van der Waals surface area (Å²) in [5.74, 6) is 0.376. The zero-order chi connectivity index (χ0) is 15.2. The molecule has 21 heavy (non-hydrogen) atoms. The molecule has 0 aliphatic carbocycles. The van der Waals surface area contributed by atoms with E-state index < -0.39 is 0 Å². The number of allylic oxidation sites excluding steroid dienone is 1. The van der Waals surface area contributed by atoms with Gasteiger partial charge in [-0.3, -0.25) is 10.4 Å². The Labute approximate surface area is 122 Å². The summed E-state index contributed by atoms with van der Waals surface area (Å²) in [7, 11) is 1.48. The summed E-state index contributed by atoms with van der Waals surface area (Å²) >= 11 is 0. The van der Waals surface area contributed by atoms with Crippen molar-refractivity contribution in [2.75, 3.05) is 12.8 Å². The zero-order valence-electron chi connectivity index (χ0n) is 11.6. The lowest BCUT2D eigenvalue weighted by Gasteiger charge is -2.09. The fourth-order valence-corrected chi connectivity index (χ4v) is 1.93. The number of hydrogen-bond acceptors (Lipinski definition) is 4. The Balaban J connectivity index is 2.40. The second-order valence-corrected chi connectivity index (χ2v) is 4.27. The summed E-state index contributed by atoms with van der Waals surface area (Å²) in [5.41, 5.74) is 8.49. The molecule has 0 aliphatic heterocycles. The van der Waals surface area contributed by atoms with E-state index in [1.165, 1.54) is 7.11 Å². The predicted molar refractivity (Wildman–Crippen MR) is 81.4 cm³/mol. The van der Waals surface area contributed by atoms with Crippen LogP contribution in [-0.2, 0) is 0 Å². The van der Waals surface area contributed by atoms with Crippen molar-refractivity contribution in [3.63, 3.8) is 0 Å². The van der Waals surface area contributed by atoms with Crippen LogP contribution in [0, 0.1) is 11.3 Å². The first-order valence-corrected chi connectivity index (χ1v) is 6.26. The van der Waals surface area contributed by atoms with Gasteiger partial charge in [-0.1, -0.05) is 6.07 Å². The fraction of sp³-hybridized carbons (Fsp3) is 0.0625. The number of methoxy groups -OCH3 is 1. The molecular formula is C16H15N4O+. The van der Waals surface area contributed by atoms with Gasteiger partial charge in [-0.15, -0.1) is 0 Å². The van der Waals surface area contributed by atoms with Crippen LogP contribution in [0.4, 0.5) is 5.69 Å². The van der Waals surface area contributed by atoms with Crippen LogP contribution in [0.5, 0.6) is 5.75 Å². The molecule has 1 aromatic carbocycles. The Morgan fingerprint density at radius 1 is 1.38 bits per heavy atom. The van der Waals surface area contributed by atoms with Crippen molar-refractivity contribution >= 4 is 17.5 Å². The number of nitriles is 1. The van der Waals surface area contributed by atoms with Crippen molar-refractivity contribution < 1.29 is 10.1 Å². The molecule has 0 saturated carbocycles. The minimum Gasteiger partial charge on any atom is -0.494 e. The van der Waals surface area contributed by atoms with Crippen molar-refractivity contribution in [2.45, 2.75) is 0 Å². The van der Waals surface area contributed by atoms with Gasteiger partial charge < -0.3 is 10.5 Å². The highest BCUT2D eigenvalue weighted by molar-refractivity contribution is 6.12. The number of anilines is 1. The molecule has 0 atom stereocenters. The molecule has 0 spiro atoms.